The molecule has 1 aromatic rings. The summed E-state index contributed by atoms with van der Waals surface area (Å²) in [7, 11) is 0. The monoisotopic (exact) mass is 347 g/mol. The van der Waals surface area contributed by atoms with Crippen LogP contribution in [0, 0.1) is 0 Å². The Kier molecular flexibility index (Phi) is 4.40. The Balaban J connectivity index is 1.68. The lowest BCUT2D eigenvalue weighted by Crippen LogP contribution is -2.33. The van der Waals surface area contributed by atoms with Gasteiger partial charge in [0.25, 0.3) is 0 Å². The first-order chi connectivity index (χ1) is 10.9. The molecule has 23 heavy (non-hydrogen) atoms. The Morgan fingerprint density at radius 2 is 2.04 bits per heavy atom. The Bertz CT molecular complexity index is 617. The molecule has 1 atom stereocenters. The van der Waals surface area contributed by atoms with Crippen molar-refractivity contribution in [3.05, 3.63) is 41.7 Å². The third-order valence-corrected chi connectivity index (χ3v) is 4.57. The number of ether oxygens (including phenoxy) is 1. The van der Waals surface area contributed by atoms with Gasteiger partial charge in [0.15, 0.2) is 0 Å². The number of rotatable bonds is 4. The molecule has 5 nitrogen and oxygen atoms in total. The van der Waals surface area contributed by atoms with Gasteiger partial charge < -0.3 is 14.5 Å². The van der Waals surface area contributed by atoms with E-state index in [0.29, 0.717) is 24.5 Å². The first-order valence-corrected chi connectivity index (χ1v) is 7.70. The van der Waals surface area contributed by atoms with Crippen LogP contribution in [0.2, 0.25) is 0 Å². The lowest BCUT2D eigenvalue weighted by Gasteiger charge is -2.24. The van der Waals surface area contributed by atoms with Gasteiger partial charge in [-0.15, -0.1) is 24.9 Å². The number of alkyl halides is 3. The van der Waals surface area contributed by atoms with Crippen LogP contribution in [-0.2, 0) is 21.1 Å². The van der Waals surface area contributed by atoms with Crippen LogP contribution < -0.4 is 4.74 Å². The summed E-state index contributed by atoms with van der Waals surface area (Å²) in [5, 5.41) is -0.184. The van der Waals surface area contributed by atoms with E-state index in [9.17, 15) is 18.0 Å². The standard InChI is InChI=1S/C14H12F3NO4S/c15-14(16,17)22-11-3-1-9(2-4-11)5-18-12(19)8-23-13(18)10-6-20-21-7-10/h1-4,6,13H,5,7-8H2. The quantitative estimate of drug-likeness (QED) is 0.784. The maximum Gasteiger partial charge on any atom is 0.573 e. The molecule has 0 radical (unpaired) electrons. The van der Waals surface area contributed by atoms with E-state index < -0.39 is 6.36 Å². The van der Waals surface area contributed by atoms with Crippen LogP contribution in [0.5, 0.6) is 5.75 Å². The van der Waals surface area contributed by atoms with Crippen molar-refractivity contribution in [2.24, 2.45) is 0 Å². The zero-order chi connectivity index (χ0) is 16.4. The van der Waals surface area contributed by atoms with Crippen molar-refractivity contribution in [3.8, 4) is 5.75 Å². The highest BCUT2D eigenvalue weighted by Gasteiger charge is 2.36. The number of halogens is 3. The first-order valence-electron chi connectivity index (χ1n) is 6.65. The molecular formula is C14H12F3NO4S. The molecule has 9 heteroatoms. The second-order valence-electron chi connectivity index (χ2n) is 4.93. The Labute approximate surface area is 133 Å². The lowest BCUT2D eigenvalue weighted by atomic mass is 10.2. The van der Waals surface area contributed by atoms with Crippen LogP contribution in [0.4, 0.5) is 13.2 Å². The topological polar surface area (TPSA) is 48.0 Å². The minimum absolute atomic E-state index is 0.0385. The van der Waals surface area contributed by atoms with Gasteiger partial charge in [-0.3, -0.25) is 4.79 Å². The van der Waals surface area contributed by atoms with Gasteiger partial charge in [-0.05, 0) is 17.7 Å². The van der Waals surface area contributed by atoms with Gasteiger partial charge in [0.2, 0.25) is 5.91 Å². The third kappa shape index (κ3) is 3.91. The fourth-order valence-electron chi connectivity index (χ4n) is 2.29. The van der Waals surface area contributed by atoms with Crippen molar-refractivity contribution in [2.45, 2.75) is 18.3 Å². The molecule has 1 saturated heterocycles. The summed E-state index contributed by atoms with van der Waals surface area (Å²) in [4.78, 5) is 23.2. The molecule has 1 unspecified atom stereocenters. The summed E-state index contributed by atoms with van der Waals surface area (Å²) in [6.45, 7) is 0.583. The SMILES string of the molecule is O=C1CSC(C2=COOC2)N1Cc1ccc(OC(F)(F)F)cc1. The van der Waals surface area contributed by atoms with Crippen molar-refractivity contribution in [1.82, 2.24) is 4.90 Å². The normalized spacial score (nSPS) is 21.3. The molecule has 2 aliphatic heterocycles. The summed E-state index contributed by atoms with van der Waals surface area (Å²) >= 11 is 1.46. The molecular weight excluding hydrogens is 335 g/mol. The highest BCUT2D eigenvalue weighted by atomic mass is 32.2. The molecule has 0 aromatic heterocycles. The van der Waals surface area contributed by atoms with Crippen molar-refractivity contribution in [3.63, 3.8) is 0 Å². The molecule has 0 bridgehead atoms. The number of carbonyl (C=O) groups excluding carboxylic acids is 1. The average Bonchev–Trinajstić information content (AvgIpc) is 3.10. The van der Waals surface area contributed by atoms with Crippen LogP contribution in [0.15, 0.2) is 36.1 Å². The molecule has 124 valence electrons. The number of carbonyl (C=O) groups is 1. The predicted octanol–water partition coefficient (Wildman–Crippen LogP) is 2.83. The number of nitrogens with zero attached hydrogens (tertiary/aromatic N) is 1. The Morgan fingerprint density at radius 3 is 2.65 bits per heavy atom. The van der Waals surface area contributed by atoms with Crippen LogP contribution >= 0.6 is 11.8 Å². The minimum Gasteiger partial charge on any atom is -0.406 e. The van der Waals surface area contributed by atoms with E-state index in [1.807, 2.05) is 0 Å². The zero-order valence-electron chi connectivity index (χ0n) is 11.7. The van der Waals surface area contributed by atoms with E-state index in [1.54, 1.807) is 4.90 Å². The maximum absolute atomic E-state index is 12.1. The van der Waals surface area contributed by atoms with E-state index in [4.69, 9.17) is 9.78 Å². The number of hydrogen-bond donors (Lipinski definition) is 0. The molecule has 2 aliphatic rings. The van der Waals surface area contributed by atoms with Crippen molar-refractivity contribution in [2.75, 3.05) is 12.4 Å². The molecule has 1 amide bonds. The van der Waals surface area contributed by atoms with Gasteiger partial charge in [0, 0.05) is 12.1 Å². The molecule has 1 aromatic carbocycles. The lowest BCUT2D eigenvalue weighted by molar-refractivity contribution is -0.274. The largest absolute Gasteiger partial charge is 0.573 e. The third-order valence-electron chi connectivity index (χ3n) is 3.29. The maximum atomic E-state index is 12.1. The van der Waals surface area contributed by atoms with E-state index in [2.05, 4.69) is 4.74 Å². The second-order valence-corrected chi connectivity index (χ2v) is 6.00. The van der Waals surface area contributed by atoms with Crippen LogP contribution in [0.25, 0.3) is 0 Å². The Morgan fingerprint density at radius 1 is 1.30 bits per heavy atom. The Hall–Kier alpha value is -1.87. The molecule has 0 N–H and O–H groups in total. The molecule has 1 fully saturated rings. The molecule has 2 heterocycles. The summed E-state index contributed by atoms with van der Waals surface area (Å²) in [5.41, 5.74) is 1.55. The molecule has 0 aliphatic carbocycles. The van der Waals surface area contributed by atoms with Gasteiger partial charge in [-0.25, -0.2) is 0 Å². The summed E-state index contributed by atoms with van der Waals surface area (Å²) in [6, 6.07) is 5.47. The van der Waals surface area contributed by atoms with Crippen molar-refractivity contribution >= 4 is 17.7 Å². The van der Waals surface area contributed by atoms with E-state index >= 15 is 0 Å². The minimum atomic E-state index is -4.72. The van der Waals surface area contributed by atoms with Crippen molar-refractivity contribution < 1.29 is 32.5 Å². The number of benzene rings is 1. The van der Waals surface area contributed by atoms with Crippen LogP contribution in [-0.4, -0.2) is 34.9 Å². The zero-order valence-corrected chi connectivity index (χ0v) is 12.5. The van der Waals surface area contributed by atoms with E-state index in [-0.39, 0.29) is 17.0 Å². The van der Waals surface area contributed by atoms with E-state index in [0.717, 1.165) is 5.57 Å². The van der Waals surface area contributed by atoms with Crippen LogP contribution in [0.3, 0.4) is 0 Å². The number of hydrogen-bond acceptors (Lipinski definition) is 5. The molecule has 0 saturated carbocycles. The van der Waals surface area contributed by atoms with Crippen LogP contribution in [0.1, 0.15) is 5.56 Å². The molecule has 3 rings (SSSR count). The summed E-state index contributed by atoms with van der Waals surface area (Å²) in [6.07, 6.45) is -3.24. The van der Waals surface area contributed by atoms with Gasteiger partial charge in [-0.2, -0.15) is 4.89 Å². The fourth-order valence-corrected chi connectivity index (χ4v) is 3.46. The second kappa shape index (κ2) is 6.32. The fraction of sp³-hybridized carbons (Fsp3) is 0.357. The number of thioether (sulfide) groups is 1. The van der Waals surface area contributed by atoms with Gasteiger partial charge in [0.05, 0.1) is 5.75 Å². The number of amides is 1. The molecule has 0 spiro atoms. The first kappa shape index (κ1) is 16.0. The highest BCUT2D eigenvalue weighted by molar-refractivity contribution is 8.01. The summed E-state index contributed by atoms with van der Waals surface area (Å²) in [5.74, 6) is 0.0146. The predicted molar refractivity (Wildman–Crippen MR) is 75.0 cm³/mol. The average molecular weight is 347 g/mol. The van der Waals surface area contributed by atoms with Gasteiger partial charge in [0.1, 0.15) is 24.0 Å². The highest BCUT2D eigenvalue weighted by Crippen LogP contribution is 2.34. The summed E-state index contributed by atoms with van der Waals surface area (Å²) < 4.78 is 40.2. The van der Waals surface area contributed by atoms with Gasteiger partial charge >= 0.3 is 6.36 Å². The van der Waals surface area contributed by atoms with Crippen molar-refractivity contribution in [1.29, 1.82) is 0 Å². The smallest absolute Gasteiger partial charge is 0.406 e. The van der Waals surface area contributed by atoms with E-state index in [1.165, 1.54) is 42.3 Å². The van der Waals surface area contributed by atoms with Gasteiger partial charge in [-0.1, -0.05) is 12.1 Å².